The van der Waals surface area contributed by atoms with Crippen LogP contribution < -0.4 is 5.11 Å². The third-order valence-corrected chi connectivity index (χ3v) is 15.7. The van der Waals surface area contributed by atoms with Crippen molar-refractivity contribution in [2.24, 2.45) is 0 Å². The van der Waals surface area contributed by atoms with Crippen molar-refractivity contribution in [2.75, 3.05) is 47.5 Å². The first-order valence-electron chi connectivity index (χ1n) is 35.4. The standard InChI is InChI=1S/C74H135NO8/c1-6-8-10-12-14-16-18-20-22-24-26-28-30-31-32-33-34-35-36-37-38-39-40-41-43-44-46-48-50-52-54-56-58-60-62-64-71(76)81-68-70(69-82-74(73(78)79)80-67-66-75(3,4)5)83-72(77)65-63-61-59-57-55-53-51-49-47-45-42-29-27-25-23-21-19-17-15-13-11-9-7-2/h18-21,24-27,42,45,70,74H,6-17,22-23,28-41,43-44,46-69H2,1-5H3/b20-18-,21-19-,26-24-,27-25-,45-42-. The van der Waals surface area contributed by atoms with Gasteiger partial charge in [0.1, 0.15) is 13.2 Å². The molecule has 0 fully saturated rings. The van der Waals surface area contributed by atoms with Crippen molar-refractivity contribution in [1.29, 1.82) is 0 Å². The summed E-state index contributed by atoms with van der Waals surface area (Å²) in [5.41, 5.74) is 0. The molecule has 0 aliphatic heterocycles. The molecule has 83 heavy (non-hydrogen) atoms. The number of allylic oxidation sites excluding steroid dienone is 10. The Morgan fingerprint density at radius 2 is 0.651 bits per heavy atom. The van der Waals surface area contributed by atoms with Crippen LogP contribution in [0.15, 0.2) is 60.8 Å². The van der Waals surface area contributed by atoms with Crippen LogP contribution in [0, 0.1) is 0 Å². The molecule has 0 rings (SSSR count). The van der Waals surface area contributed by atoms with E-state index in [4.69, 9.17) is 18.9 Å². The highest BCUT2D eigenvalue weighted by Gasteiger charge is 2.22. The molecule has 9 heteroatoms. The van der Waals surface area contributed by atoms with Gasteiger partial charge in [0.2, 0.25) is 0 Å². The van der Waals surface area contributed by atoms with Crippen LogP contribution in [0.5, 0.6) is 0 Å². The number of hydrogen-bond donors (Lipinski definition) is 0. The maximum atomic E-state index is 12.9. The monoisotopic (exact) mass is 1170 g/mol. The number of carboxylic acids is 1. The number of ether oxygens (including phenoxy) is 4. The average Bonchev–Trinajstić information content (AvgIpc) is 3.46. The molecule has 0 saturated carbocycles. The molecule has 0 amide bonds. The highest BCUT2D eigenvalue weighted by atomic mass is 16.7. The number of likely N-dealkylation sites (N-methyl/N-ethyl adjacent to an activating group) is 1. The minimum atomic E-state index is -1.62. The lowest BCUT2D eigenvalue weighted by atomic mass is 10.0. The van der Waals surface area contributed by atoms with Gasteiger partial charge in [-0.25, -0.2) is 0 Å². The first kappa shape index (κ1) is 80.0. The summed E-state index contributed by atoms with van der Waals surface area (Å²) in [6, 6.07) is 0. The Morgan fingerprint density at radius 3 is 0.964 bits per heavy atom. The minimum Gasteiger partial charge on any atom is -0.545 e. The maximum absolute atomic E-state index is 12.9. The van der Waals surface area contributed by atoms with Gasteiger partial charge in [-0.05, 0) is 83.5 Å². The number of hydrogen-bond acceptors (Lipinski definition) is 8. The maximum Gasteiger partial charge on any atom is 0.306 e. The Bertz CT molecular complexity index is 1550. The van der Waals surface area contributed by atoms with Gasteiger partial charge in [-0.15, -0.1) is 0 Å². The Labute approximate surface area is 514 Å². The van der Waals surface area contributed by atoms with E-state index in [1.54, 1.807) is 0 Å². The summed E-state index contributed by atoms with van der Waals surface area (Å²) in [5.74, 6) is -2.28. The summed E-state index contributed by atoms with van der Waals surface area (Å²) in [7, 11) is 5.93. The van der Waals surface area contributed by atoms with E-state index in [1.165, 1.54) is 238 Å². The van der Waals surface area contributed by atoms with E-state index in [2.05, 4.69) is 74.6 Å². The van der Waals surface area contributed by atoms with Gasteiger partial charge in [0, 0.05) is 12.8 Å². The molecule has 0 aromatic rings. The van der Waals surface area contributed by atoms with E-state index >= 15 is 0 Å². The number of nitrogens with zero attached hydrogens (tertiary/aromatic N) is 1. The van der Waals surface area contributed by atoms with Crippen LogP contribution in [-0.2, 0) is 33.3 Å². The lowest BCUT2D eigenvalue weighted by Crippen LogP contribution is -2.44. The average molecular weight is 1170 g/mol. The normalized spacial score (nSPS) is 13.0. The van der Waals surface area contributed by atoms with E-state index in [1.807, 2.05) is 21.1 Å². The zero-order chi connectivity index (χ0) is 60.5. The van der Waals surface area contributed by atoms with E-state index in [9.17, 15) is 19.5 Å². The van der Waals surface area contributed by atoms with Crippen molar-refractivity contribution in [1.82, 2.24) is 0 Å². The van der Waals surface area contributed by atoms with Crippen molar-refractivity contribution >= 4 is 17.9 Å². The van der Waals surface area contributed by atoms with Crippen molar-refractivity contribution < 1.29 is 42.9 Å². The summed E-state index contributed by atoms with van der Waals surface area (Å²) in [4.78, 5) is 37.5. The van der Waals surface area contributed by atoms with Crippen LogP contribution in [0.3, 0.4) is 0 Å². The fourth-order valence-corrected chi connectivity index (χ4v) is 10.3. The lowest BCUT2D eigenvalue weighted by molar-refractivity contribution is -0.870. The summed E-state index contributed by atoms with van der Waals surface area (Å²) < 4.78 is 22.8. The molecule has 0 radical (unpaired) electrons. The lowest BCUT2D eigenvalue weighted by Gasteiger charge is -2.26. The highest BCUT2D eigenvalue weighted by molar-refractivity contribution is 5.70. The third kappa shape index (κ3) is 66.4. The quantitative estimate of drug-likeness (QED) is 0.0195. The van der Waals surface area contributed by atoms with Crippen molar-refractivity contribution in [3.63, 3.8) is 0 Å². The summed E-state index contributed by atoms with van der Waals surface area (Å²) in [5, 5.41) is 11.8. The molecule has 0 N–H and O–H groups in total. The first-order chi connectivity index (χ1) is 40.6. The molecule has 0 heterocycles. The van der Waals surface area contributed by atoms with Gasteiger partial charge in [-0.3, -0.25) is 9.59 Å². The molecule has 484 valence electrons. The molecule has 2 unspecified atom stereocenters. The number of rotatable bonds is 66. The number of carbonyl (C=O) groups excluding carboxylic acids is 3. The number of aliphatic carboxylic acids is 1. The molecule has 9 nitrogen and oxygen atoms in total. The summed E-state index contributed by atoms with van der Waals surface area (Å²) >= 11 is 0. The van der Waals surface area contributed by atoms with Gasteiger partial charge >= 0.3 is 11.9 Å². The van der Waals surface area contributed by atoms with Gasteiger partial charge in [-0.1, -0.05) is 299 Å². The number of carboxylic acid groups (broad SMARTS) is 1. The Hall–Kier alpha value is -3.01. The summed E-state index contributed by atoms with van der Waals surface area (Å²) in [6.45, 7) is 4.76. The third-order valence-electron chi connectivity index (χ3n) is 15.7. The van der Waals surface area contributed by atoms with Gasteiger partial charge in [0.15, 0.2) is 12.4 Å². The molecule has 0 aliphatic carbocycles. The van der Waals surface area contributed by atoms with Crippen LogP contribution in [0.4, 0.5) is 0 Å². The SMILES string of the molecule is CCCCCCC/C=C\C/C=C\C/C=C\CCCCCCCCCCC(=O)OC(COC(=O)CCCCCCCCCCCCCCCCCCCCCCCCC/C=C\C/C=C\CCCCCCC)COC(OCC[N+](C)(C)C)C(=O)[O-]. The molecule has 2 atom stereocenters. The Kier molecular flexibility index (Phi) is 62.6. The van der Waals surface area contributed by atoms with E-state index in [0.717, 1.165) is 64.2 Å². The van der Waals surface area contributed by atoms with Crippen LogP contribution >= 0.6 is 0 Å². The fraction of sp³-hybridized carbons (Fsp3) is 0.824. The first-order valence-corrected chi connectivity index (χ1v) is 35.4. The zero-order valence-corrected chi connectivity index (χ0v) is 55.3. The van der Waals surface area contributed by atoms with E-state index in [0.29, 0.717) is 23.9 Å². The van der Waals surface area contributed by atoms with Gasteiger partial charge in [-0.2, -0.15) is 0 Å². The molecule has 0 aliphatic rings. The van der Waals surface area contributed by atoms with Crippen LogP contribution in [0.2, 0.25) is 0 Å². The minimum absolute atomic E-state index is 0.146. The number of unbranched alkanes of at least 4 members (excludes halogenated alkanes) is 41. The number of esters is 2. The zero-order valence-electron chi connectivity index (χ0n) is 55.3. The van der Waals surface area contributed by atoms with Gasteiger partial charge in [0.25, 0.3) is 0 Å². The van der Waals surface area contributed by atoms with Gasteiger partial charge < -0.3 is 33.3 Å². The van der Waals surface area contributed by atoms with E-state index < -0.39 is 24.3 Å². The smallest absolute Gasteiger partial charge is 0.306 e. The predicted molar refractivity (Wildman–Crippen MR) is 352 cm³/mol. The molecular formula is C74H135NO8. The second kappa shape index (κ2) is 65.0. The fourth-order valence-electron chi connectivity index (χ4n) is 10.3. The molecular weight excluding hydrogens is 1030 g/mol. The van der Waals surface area contributed by atoms with Crippen molar-refractivity contribution in [3.8, 4) is 0 Å². The molecule has 0 saturated heterocycles. The van der Waals surface area contributed by atoms with Crippen LogP contribution in [0.1, 0.15) is 335 Å². The largest absolute Gasteiger partial charge is 0.545 e. The van der Waals surface area contributed by atoms with Crippen LogP contribution in [0.25, 0.3) is 0 Å². The predicted octanol–water partition coefficient (Wildman–Crippen LogP) is 20.6. The number of quaternary nitrogens is 1. The van der Waals surface area contributed by atoms with Crippen LogP contribution in [-0.4, -0.2) is 82.3 Å². The molecule has 0 bridgehead atoms. The van der Waals surface area contributed by atoms with Gasteiger partial charge in [0.05, 0.1) is 40.3 Å². The second-order valence-electron chi connectivity index (χ2n) is 25.2. The molecule has 0 aromatic heterocycles. The Balaban J connectivity index is 4.05. The highest BCUT2D eigenvalue weighted by Crippen LogP contribution is 2.18. The number of carbonyl (C=O) groups is 3. The van der Waals surface area contributed by atoms with Crippen molar-refractivity contribution in [2.45, 2.75) is 347 Å². The molecule has 0 aromatic carbocycles. The van der Waals surface area contributed by atoms with Crippen molar-refractivity contribution in [3.05, 3.63) is 60.8 Å². The van der Waals surface area contributed by atoms with E-state index in [-0.39, 0.29) is 32.2 Å². The second-order valence-corrected chi connectivity index (χ2v) is 25.2. The topological polar surface area (TPSA) is 111 Å². The summed E-state index contributed by atoms with van der Waals surface area (Å²) in [6.07, 6.45) is 81.7. The molecule has 0 spiro atoms. The Morgan fingerprint density at radius 1 is 0.361 bits per heavy atom.